The fourth-order valence-electron chi connectivity index (χ4n) is 7.31. The van der Waals surface area contributed by atoms with Gasteiger partial charge in [0.1, 0.15) is 37.8 Å². The summed E-state index contributed by atoms with van der Waals surface area (Å²) >= 11 is 1.56. The summed E-state index contributed by atoms with van der Waals surface area (Å²) in [5, 5.41) is 6.32. The average molecular weight is 702 g/mol. The van der Waals surface area contributed by atoms with Crippen molar-refractivity contribution in [1.82, 2.24) is 15.0 Å². The quantitative estimate of drug-likeness (QED) is 0.171. The summed E-state index contributed by atoms with van der Waals surface area (Å²) in [6, 6.07) is 53.6. The number of hydrogen-bond donors (Lipinski definition) is 0. The summed E-state index contributed by atoms with van der Waals surface area (Å²) in [5.74, 6) is 1.36. The van der Waals surface area contributed by atoms with E-state index >= 15 is 0 Å². The van der Waals surface area contributed by atoms with Crippen LogP contribution in [-0.4, -0.2) is 15.0 Å². The number of nitrogens with zero attached hydrogens (tertiary/aromatic N) is 5. The van der Waals surface area contributed by atoms with E-state index in [1.54, 1.807) is 11.3 Å². The minimum atomic E-state index is 0.566. The zero-order chi connectivity index (χ0) is 34.9. The molecule has 8 heteroatoms. The van der Waals surface area contributed by atoms with Crippen molar-refractivity contribution >= 4 is 110 Å². The summed E-state index contributed by atoms with van der Waals surface area (Å²) in [6.45, 7) is 0. The third-order valence-corrected chi connectivity index (χ3v) is 10.8. The molecular formula is C45H27N5O2S. The van der Waals surface area contributed by atoms with E-state index in [1.807, 2.05) is 79.0 Å². The fourth-order valence-corrected chi connectivity index (χ4v) is 8.32. The largest absolute Gasteiger partial charge is 0.456 e. The molecule has 6 aromatic carbocycles. The molecule has 0 aliphatic carbocycles. The van der Waals surface area contributed by atoms with Crippen LogP contribution in [0.1, 0.15) is 0 Å². The Morgan fingerprint density at radius 1 is 0.396 bits per heavy atom. The predicted molar refractivity (Wildman–Crippen MR) is 217 cm³/mol. The van der Waals surface area contributed by atoms with Crippen LogP contribution in [-0.2, 0) is 0 Å². The normalized spacial score (nSPS) is 11.8. The Labute approximate surface area is 306 Å². The van der Waals surface area contributed by atoms with Crippen LogP contribution in [0.3, 0.4) is 0 Å². The standard InChI is InChI=1S/C45H27N5O2S/c1-3-11-28(12-4-1)49(30-19-21-34-32-15-7-9-17-38(32)51-40(34)25-30)42-24-23-36-37-27-46-45(48-44(37)53-43(36)47-42)50(29-13-5-2-6-14-29)31-20-22-35-33-16-8-10-18-39(33)52-41(35)26-31/h1-27H. The van der Waals surface area contributed by atoms with E-state index in [2.05, 4.69) is 94.7 Å². The average Bonchev–Trinajstić information content (AvgIpc) is 3.89. The number of thiophene rings is 1. The number of anilines is 6. The van der Waals surface area contributed by atoms with Gasteiger partial charge < -0.3 is 8.83 Å². The first-order chi connectivity index (χ1) is 26.2. The lowest BCUT2D eigenvalue weighted by atomic mass is 10.1. The molecule has 250 valence electrons. The number of rotatable bonds is 6. The van der Waals surface area contributed by atoms with Gasteiger partial charge in [-0.25, -0.2) is 15.0 Å². The number of aromatic nitrogens is 3. The molecule has 0 N–H and O–H groups in total. The molecule has 0 aliphatic heterocycles. The lowest BCUT2D eigenvalue weighted by molar-refractivity contribution is 0.668. The molecule has 0 fully saturated rings. The Kier molecular flexibility index (Phi) is 6.59. The second-order valence-corrected chi connectivity index (χ2v) is 13.9. The predicted octanol–water partition coefficient (Wildman–Crippen LogP) is 13.0. The topological polar surface area (TPSA) is 71.4 Å². The maximum atomic E-state index is 6.28. The van der Waals surface area contributed by atoms with E-state index in [0.717, 1.165) is 92.9 Å². The molecule has 0 aliphatic rings. The molecule has 0 unspecified atom stereocenters. The molecule has 0 amide bonds. The second kappa shape index (κ2) is 11.8. The Bertz CT molecular complexity index is 2940. The summed E-state index contributed by atoms with van der Waals surface area (Å²) in [5.41, 5.74) is 7.19. The minimum absolute atomic E-state index is 0.566. The monoisotopic (exact) mass is 701 g/mol. The van der Waals surface area contributed by atoms with Gasteiger partial charge in [-0.2, -0.15) is 0 Å². The smallest absolute Gasteiger partial charge is 0.235 e. The van der Waals surface area contributed by atoms with E-state index in [-0.39, 0.29) is 0 Å². The van der Waals surface area contributed by atoms with Gasteiger partial charge in [-0.1, -0.05) is 84.1 Å². The highest BCUT2D eigenvalue weighted by molar-refractivity contribution is 7.25. The molecule has 0 bridgehead atoms. The highest BCUT2D eigenvalue weighted by atomic mass is 32.1. The van der Waals surface area contributed by atoms with Gasteiger partial charge in [-0.05, 0) is 72.8 Å². The molecule has 11 rings (SSSR count). The Balaban J connectivity index is 1.03. The van der Waals surface area contributed by atoms with E-state index in [1.165, 1.54) is 0 Å². The molecule has 5 aromatic heterocycles. The third-order valence-electron chi connectivity index (χ3n) is 9.77. The minimum Gasteiger partial charge on any atom is -0.456 e. The Morgan fingerprint density at radius 2 is 0.906 bits per heavy atom. The zero-order valence-corrected chi connectivity index (χ0v) is 28.9. The van der Waals surface area contributed by atoms with E-state index in [9.17, 15) is 0 Å². The maximum absolute atomic E-state index is 6.28. The molecule has 0 saturated heterocycles. The van der Waals surface area contributed by atoms with Crippen molar-refractivity contribution in [2.45, 2.75) is 0 Å². The Morgan fingerprint density at radius 3 is 1.55 bits per heavy atom. The first-order valence-corrected chi connectivity index (χ1v) is 18.2. The molecule has 5 heterocycles. The SMILES string of the molecule is c1ccc(N(c2ccc3c(c2)oc2ccccc23)c2ccc3c(n2)sc2nc(N(c4ccccc4)c4ccc5c(c4)oc4ccccc45)ncc23)cc1. The molecule has 7 nitrogen and oxygen atoms in total. The number of benzene rings is 6. The number of para-hydroxylation sites is 4. The summed E-state index contributed by atoms with van der Waals surface area (Å²) < 4.78 is 12.6. The van der Waals surface area contributed by atoms with E-state index < -0.39 is 0 Å². The second-order valence-electron chi connectivity index (χ2n) is 12.9. The van der Waals surface area contributed by atoms with Crippen LogP contribution < -0.4 is 9.80 Å². The van der Waals surface area contributed by atoms with Gasteiger partial charge in [0.2, 0.25) is 5.95 Å². The molecule has 0 atom stereocenters. The van der Waals surface area contributed by atoms with Crippen molar-refractivity contribution in [2.24, 2.45) is 0 Å². The number of hydrogen-bond acceptors (Lipinski definition) is 8. The number of fused-ring (bicyclic) bond motifs is 9. The molecule has 0 saturated carbocycles. The van der Waals surface area contributed by atoms with Crippen LogP contribution in [0.4, 0.5) is 34.5 Å². The van der Waals surface area contributed by atoms with Crippen LogP contribution >= 0.6 is 11.3 Å². The number of pyridine rings is 1. The maximum Gasteiger partial charge on any atom is 0.235 e. The summed E-state index contributed by atoms with van der Waals surface area (Å²) in [4.78, 5) is 21.3. The molecule has 0 radical (unpaired) electrons. The lowest BCUT2D eigenvalue weighted by Gasteiger charge is -2.24. The highest BCUT2D eigenvalue weighted by Gasteiger charge is 2.21. The van der Waals surface area contributed by atoms with E-state index in [0.29, 0.717) is 5.95 Å². The van der Waals surface area contributed by atoms with Gasteiger partial charge in [0.05, 0.1) is 11.4 Å². The fraction of sp³-hybridized carbons (Fsp3) is 0. The van der Waals surface area contributed by atoms with Crippen LogP contribution in [0.25, 0.3) is 64.3 Å². The first-order valence-electron chi connectivity index (χ1n) is 17.3. The van der Waals surface area contributed by atoms with Crippen molar-refractivity contribution in [3.8, 4) is 0 Å². The Hall–Kier alpha value is -7.03. The molecular weight excluding hydrogens is 675 g/mol. The van der Waals surface area contributed by atoms with Crippen LogP contribution in [0.15, 0.2) is 173 Å². The third kappa shape index (κ3) is 4.84. The van der Waals surface area contributed by atoms with Crippen molar-refractivity contribution in [3.63, 3.8) is 0 Å². The van der Waals surface area contributed by atoms with Crippen molar-refractivity contribution in [3.05, 3.63) is 164 Å². The van der Waals surface area contributed by atoms with Crippen LogP contribution in [0.2, 0.25) is 0 Å². The number of furan rings is 2. The first kappa shape index (κ1) is 29.7. The van der Waals surface area contributed by atoms with Gasteiger partial charge in [0, 0.05) is 62.0 Å². The van der Waals surface area contributed by atoms with Crippen LogP contribution in [0.5, 0.6) is 0 Å². The molecule has 11 aromatic rings. The zero-order valence-electron chi connectivity index (χ0n) is 28.0. The molecule has 0 spiro atoms. The van der Waals surface area contributed by atoms with Gasteiger partial charge in [0.25, 0.3) is 0 Å². The highest BCUT2D eigenvalue weighted by Crippen LogP contribution is 2.42. The van der Waals surface area contributed by atoms with E-state index in [4.69, 9.17) is 23.8 Å². The molecule has 53 heavy (non-hydrogen) atoms. The van der Waals surface area contributed by atoms with Crippen molar-refractivity contribution in [2.75, 3.05) is 9.80 Å². The van der Waals surface area contributed by atoms with Gasteiger partial charge in [-0.3, -0.25) is 9.80 Å². The van der Waals surface area contributed by atoms with Gasteiger partial charge in [-0.15, -0.1) is 0 Å². The summed E-state index contributed by atoms with van der Waals surface area (Å²) in [6.07, 6.45) is 1.91. The van der Waals surface area contributed by atoms with Crippen molar-refractivity contribution in [1.29, 1.82) is 0 Å². The summed E-state index contributed by atoms with van der Waals surface area (Å²) in [7, 11) is 0. The van der Waals surface area contributed by atoms with Crippen molar-refractivity contribution < 1.29 is 8.83 Å². The van der Waals surface area contributed by atoms with Crippen LogP contribution in [0, 0.1) is 0 Å². The lowest BCUT2D eigenvalue weighted by Crippen LogP contribution is -2.13. The van der Waals surface area contributed by atoms with Gasteiger partial charge >= 0.3 is 0 Å². The van der Waals surface area contributed by atoms with Gasteiger partial charge in [0.15, 0.2) is 0 Å².